The number of aromatic nitrogens is 2. The summed E-state index contributed by atoms with van der Waals surface area (Å²) in [6.45, 7) is 4.11. The summed E-state index contributed by atoms with van der Waals surface area (Å²) in [5.41, 5.74) is 9.05. The lowest BCUT2D eigenvalue weighted by Crippen LogP contribution is -2.37. The van der Waals surface area contributed by atoms with E-state index in [0.717, 1.165) is 29.8 Å². The molecule has 1 aromatic carbocycles. The van der Waals surface area contributed by atoms with E-state index in [0.29, 0.717) is 12.6 Å². The monoisotopic (exact) mass is 258 g/mol. The van der Waals surface area contributed by atoms with Crippen molar-refractivity contribution < 1.29 is 0 Å². The molecule has 2 aromatic rings. The standard InChI is InChI=1S/C15H22N4/c1-11-4-2-3-9-19(11)12-5-6-13-14(10-12)18-15(17-13)7-8-16/h5-6,10-11H,2-4,7-9,16H2,1H3,(H,17,18). The predicted octanol–water partition coefficient (Wildman–Crippen LogP) is 2.44. The van der Waals surface area contributed by atoms with E-state index >= 15 is 0 Å². The summed E-state index contributed by atoms with van der Waals surface area (Å²) in [6, 6.07) is 7.17. The molecule has 1 unspecified atom stereocenters. The normalized spacial score (nSPS) is 20.1. The molecule has 1 aromatic heterocycles. The summed E-state index contributed by atoms with van der Waals surface area (Å²) in [7, 11) is 0. The number of benzene rings is 1. The lowest BCUT2D eigenvalue weighted by atomic mass is 10.0. The highest BCUT2D eigenvalue weighted by atomic mass is 15.2. The van der Waals surface area contributed by atoms with Crippen molar-refractivity contribution in [2.45, 2.75) is 38.6 Å². The van der Waals surface area contributed by atoms with Crippen molar-refractivity contribution in [3.8, 4) is 0 Å². The molecule has 1 fully saturated rings. The Bertz CT molecular complexity index is 560. The average Bonchev–Trinajstić information content (AvgIpc) is 2.81. The van der Waals surface area contributed by atoms with Gasteiger partial charge in [-0.15, -0.1) is 0 Å². The summed E-state index contributed by atoms with van der Waals surface area (Å²) in [5, 5.41) is 0. The van der Waals surface area contributed by atoms with Crippen LogP contribution in [0.1, 0.15) is 32.0 Å². The molecule has 0 spiro atoms. The van der Waals surface area contributed by atoms with Gasteiger partial charge in [-0.05, 0) is 50.9 Å². The molecule has 0 bridgehead atoms. The number of anilines is 1. The number of nitrogens with zero attached hydrogens (tertiary/aromatic N) is 2. The Morgan fingerprint density at radius 2 is 2.32 bits per heavy atom. The number of H-pyrrole nitrogens is 1. The molecule has 1 atom stereocenters. The molecule has 1 saturated heterocycles. The maximum absolute atomic E-state index is 5.58. The fraction of sp³-hybridized carbons (Fsp3) is 0.533. The molecule has 3 rings (SSSR count). The van der Waals surface area contributed by atoms with Crippen molar-refractivity contribution in [1.29, 1.82) is 0 Å². The Morgan fingerprint density at radius 1 is 1.42 bits per heavy atom. The van der Waals surface area contributed by atoms with Gasteiger partial charge in [-0.2, -0.15) is 0 Å². The molecule has 2 heterocycles. The third-order valence-corrected chi connectivity index (χ3v) is 4.03. The number of hydrogen-bond donors (Lipinski definition) is 2. The van der Waals surface area contributed by atoms with E-state index in [2.05, 4.69) is 40.0 Å². The molecule has 102 valence electrons. The number of aromatic amines is 1. The fourth-order valence-electron chi connectivity index (χ4n) is 2.97. The van der Waals surface area contributed by atoms with Gasteiger partial charge < -0.3 is 15.6 Å². The van der Waals surface area contributed by atoms with Gasteiger partial charge in [0, 0.05) is 24.7 Å². The number of hydrogen-bond acceptors (Lipinski definition) is 3. The zero-order valence-corrected chi connectivity index (χ0v) is 11.5. The predicted molar refractivity (Wildman–Crippen MR) is 79.5 cm³/mol. The van der Waals surface area contributed by atoms with Gasteiger partial charge in [-0.1, -0.05) is 0 Å². The Balaban J connectivity index is 1.91. The molecule has 19 heavy (non-hydrogen) atoms. The number of rotatable bonds is 3. The largest absolute Gasteiger partial charge is 0.369 e. The van der Waals surface area contributed by atoms with Crippen LogP contribution in [0.15, 0.2) is 18.2 Å². The fourth-order valence-corrected chi connectivity index (χ4v) is 2.97. The van der Waals surface area contributed by atoms with Crippen LogP contribution in [0.4, 0.5) is 5.69 Å². The van der Waals surface area contributed by atoms with Crippen LogP contribution >= 0.6 is 0 Å². The van der Waals surface area contributed by atoms with Crippen LogP contribution < -0.4 is 10.6 Å². The highest BCUT2D eigenvalue weighted by Gasteiger charge is 2.18. The summed E-state index contributed by atoms with van der Waals surface area (Å²) in [4.78, 5) is 10.4. The third kappa shape index (κ3) is 2.45. The molecule has 0 amide bonds. The van der Waals surface area contributed by atoms with E-state index < -0.39 is 0 Å². The first-order valence-corrected chi connectivity index (χ1v) is 7.23. The third-order valence-electron chi connectivity index (χ3n) is 4.03. The van der Waals surface area contributed by atoms with Gasteiger partial charge in [0.2, 0.25) is 0 Å². The second-order valence-electron chi connectivity index (χ2n) is 5.46. The van der Waals surface area contributed by atoms with E-state index in [4.69, 9.17) is 5.73 Å². The number of nitrogens with one attached hydrogen (secondary N) is 1. The van der Waals surface area contributed by atoms with E-state index in [1.807, 2.05) is 0 Å². The van der Waals surface area contributed by atoms with Crippen molar-refractivity contribution in [1.82, 2.24) is 9.97 Å². The smallest absolute Gasteiger partial charge is 0.108 e. The van der Waals surface area contributed by atoms with E-state index in [1.54, 1.807) is 0 Å². The van der Waals surface area contributed by atoms with Crippen LogP contribution in [0.3, 0.4) is 0 Å². The van der Waals surface area contributed by atoms with Crippen molar-refractivity contribution in [2.24, 2.45) is 5.73 Å². The maximum atomic E-state index is 5.58. The minimum atomic E-state index is 0.635. The summed E-state index contributed by atoms with van der Waals surface area (Å²) < 4.78 is 0. The van der Waals surface area contributed by atoms with Gasteiger partial charge in [0.15, 0.2) is 0 Å². The van der Waals surface area contributed by atoms with Gasteiger partial charge in [0.25, 0.3) is 0 Å². The van der Waals surface area contributed by atoms with E-state index in [9.17, 15) is 0 Å². The number of piperidine rings is 1. The molecular weight excluding hydrogens is 236 g/mol. The summed E-state index contributed by atoms with van der Waals surface area (Å²) in [6.07, 6.45) is 4.75. The number of fused-ring (bicyclic) bond motifs is 1. The number of nitrogens with two attached hydrogens (primary N) is 1. The molecule has 4 nitrogen and oxygen atoms in total. The molecular formula is C15H22N4. The van der Waals surface area contributed by atoms with Gasteiger partial charge in [-0.25, -0.2) is 4.98 Å². The van der Waals surface area contributed by atoms with Crippen LogP contribution in [-0.4, -0.2) is 29.1 Å². The summed E-state index contributed by atoms with van der Waals surface area (Å²) in [5.74, 6) is 0.987. The second kappa shape index (κ2) is 5.21. The van der Waals surface area contributed by atoms with Crippen LogP contribution in [-0.2, 0) is 6.42 Å². The molecule has 1 aliphatic rings. The van der Waals surface area contributed by atoms with Crippen LogP contribution in [0.5, 0.6) is 0 Å². The molecule has 0 aliphatic carbocycles. The van der Waals surface area contributed by atoms with Gasteiger partial charge >= 0.3 is 0 Å². The first kappa shape index (κ1) is 12.5. The highest BCUT2D eigenvalue weighted by Crippen LogP contribution is 2.27. The maximum Gasteiger partial charge on any atom is 0.108 e. The van der Waals surface area contributed by atoms with E-state index in [1.165, 1.54) is 24.9 Å². The SMILES string of the molecule is CC1CCCCN1c1ccc2nc(CCN)[nH]c2c1. The first-order valence-electron chi connectivity index (χ1n) is 7.23. The minimum absolute atomic E-state index is 0.635. The zero-order valence-electron chi connectivity index (χ0n) is 11.5. The van der Waals surface area contributed by atoms with Crippen molar-refractivity contribution >= 4 is 16.7 Å². The minimum Gasteiger partial charge on any atom is -0.369 e. The first-order chi connectivity index (χ1) is 9.28. The Kier molecular flexibility index (Phi) is 3.42. The van der Waals surface area contributed by atoms with Crippen molar-refractivity contribution in [2.75, 3.05) is 18.0 Å². The summed E-state index contributed by atoms with van der Waals surface area (Å²) >= 11 is 0. The molecule has 0 saturated carbocycles. The quantitative estimate of drug-likeness (QED) is 0.889. The molecule has 4 heteroatoms. The van der Waals surface area contributed by atoms with Crippen molar-refractivity contribution in [3.63, 3.8) is 0 Å². The van der Waals surface area contributed by atoms with E-state index in [-0.39, 0.29) is 0 Å². The van der Waals surface area contributed by atoms with Gasteiger partial charge in [0.05, 0.1) is 11.0 Å². The van der Waals surface area contributed by atoms with Crippen LogP contribution in [0, 0.1) is 0 Å². The van der Waals surface area contributed by atoms with Crippen LogP contribution in [0.25, 0.3) is 11.0 Å². The number of imidazole rings is 1. The van der Waals surface area contributed by atoms with Gasteiger partial charge in [0.1, 0.15) is 5.82 Å². The lowest BCUT2D eigenvalue weighted by Gasteiger charge is -2.35. The Morgan fingerprint density at radius 3 is 3.11 bits per heavy atom. The Labute approximate surface area is 114 Å². The zero-order chi connectivity index (χ0) is 13.2. The lowest BCUT2D eigenvalue weighted by molar-refractivity contribution is 0.485. The second-order valence-corrected chi connectivity index (χ2v) is 5.46. The molecule has 0 radical (unpaired) electrons. The molecule has 1 aliphatic heterocycles. The topological polar surface area (TPSA) is 57.9 Å². The van der Waals surface area contributed by atoms with Crippen LogP contribution in [0.2, 0.25) is 0 Å². The average molecular weight is 258 g/mol. The highest BCUT2D eigenvalue weighted by molar-refractivity contribution is 5.79. The molecule has 3 N–H and O–H groups in total. The van der Waals surface area contributed by atoms with Crippen molar-refractivity contribution in [3.05, 3.63) is 24.0 Å². The van der Waals surface area contributed by atoms with Gasteiger partial charge in [-0.3, -0.25) is 0 Å². The Hall–Kier alpha value is -1.55.